The number of aliphatic hydroxyl groups is 1. The number of hydrogen-bond acceptors (Lipinski definition) is 5. The van der Waals surface area contributed by atoms with E-state index in [-0.39, 0.29) is 0 Å². The van der Waals surface area contributed by atoms with Crippen molar-refractivity contribution < 1.29 is 14.6 Å². The van der Waals surface area contributed by atoms with Crippen molar-refractivity contribution in [1.82, 2.24) is 4.98 Å². The number of thiazole rings is 1. The lowest BCUT2D eigenvalue weighted by Gasteiger charge is -2.19. The summed E-state index contributed by atoms with van der Waals surface area (Å²) in [7, 11) is 0. The van der Waals surface area contributed by atoms with E-state index < -0.39 is 6.10 Å². The molecule has 3 rings (SSSR count). The Morgan fingerprint density at radius 3 is 2.82 bits per heavy atom. The van der Waals surface area contributed by atoms with Crippen LogP contribution in [-0.4, -0.2) is 23.3 Å². The first-order valence-corrected chi connectivity index (χ1v) is 6.18. The first-order chi connectivity index (χ1) is 8.34. The van der Waals surface area contributed by atoms with E-state index in [2.05, 4.69) is 4.98 Å². The highest BCUT2D eigenvalue weighted by atomic mass is 32.1. The van der Waals surface area contributed by atoms with E-state index in [0.717, 1.165) is 16.2 Å². The van der Waals surface area contributed by atoms with Crippen molar-refractivity contribution in [3.63, 3.8) is 0 Å². The molecular formula is C12H11NO3S. The fraction of sp³-hybridized carbons (Fsp3) is 0.250. The van der Waals surface area contributed by atoms with Gasteiger partial charge in [0.15, 0.2) is 11.5 Å². The van der Waals surface area contributed by atoms with E-state index in [1.807, 2.05) is 18.2 Å². The zero-order valence-corrected chi connectivity index (χ0v) is 9.81. The van der Waals surface area contributed by atoms with Crippen LogP contribution >= 0.6 is 11.3 Å². The molecule has 4 nitrogen and oxygen atoms in total. The highest BCUT2D eigenvalue weighted by molar-refractivity contribution is 7.09. The summed E-state index contributed by atoms with van der Waals surface area (Å²) in [6, 6.07) is 5.49. The summed E-state index contributed by atoms with van der Waals surface area (Å²) < 4.78 is 10.9. The van der Waals surface area contributed by atoms with Crippen LogP contribution < -0.4 is 9.47 Å². The zero-order chi connectivity index (χ0) is 11.7. The van der Waals surface area contributed by atoms with Crippen LogP contribution in [0.1, 0.15) is 16.5 Å². The van der Waals surface area contributed by atoms with Crippen molar-refractivity contribution in [3.8, 4) is 11.5 Å². The predicted molar refractivity (Wildman–Crippen MR) is 63.6 cm³/mol. The Kier molecular flexibility index (Phi) is 2.70. The monoisotopic (exact) mass is 249 g/mol. The number of aromatic nitrogens is 1. The van der Waals surface area contributed by atoms with Gasteiger partial charge in [-0.25, -0.2) is 0 Å². The first kappa shape index (κ1) is 10.6. The van der Waals surface area contributed by atoms with Gasteiger partial charge in [0, 0.05) is 6.20 Å². The van der Waals surface area contributed by atoms with Crippen molar-refractivity contribution in [2.24, 2.45) is 0 Å². The van der Waals surface area contributed by atoms with E-state index >= 15 is 0 Å². The maximum Gasteiger partial charge on any atom is 0.161 e. The molecule has 1 unspecified atom stereocenters. The van der Waals surface area contributed by atoms with E-state index in [9.17, 15) is 5.11 Å². The lowest BCUT2D eigenvalue weighted by Crippen LogP contribution is -2.15. The number of hydrogen-bond donors (Lipinski definition) is 1. The highest BCUT2D eigenvalue weighted by Gasteiger charge is 2.17. The molecule has 1 aliphatic heterocycles. The Hall–Kier alpha value is -1.59. The molecule has 5 heteroatoms. The molecule has 17 heavy (non-hydrogen) atoms. The molecular weight excluding hydrogens is 238 g/mol. The van der Waals surface area contributed by atoms with Gasteiger partial charge < -0.3 is 14.6 Å². The molecule has 1 N–H and O–H groups in total. The number of ether oxygens (including phenoxy) is 2. The number of aliphatic hydroxyl groups excluding tert-OH is 1. The van der Waals surface area contributed by atoms with Crippen LogP contribution in [0.2, 0.25) is 0 Å². The SMILES string of the molecule is OC(c1ccc2c(c1)OCCO2)c1cncs1. The van der Waals surface area contributed by atoms with Crippen LogP contribution in [0.25, 0.3) is 0 Å². The number of fused-ring (bicyclic) bond motifs is 1. The van der Waals surface area contributed by atoms with Gasteiger partial charge in [-0.3, -0.25) is 4.98 Å². The summed E-state index contributed by atoms with van der Waals surface area (Å²) in [5, 5.41) is 10.2. The maximum absolute atomic E-state index is 10.2. The van der Waals surface area contributed by atoms with Gasteiger partial charge in [0.05, 0.1) is 10.4 Å². The fourth-order valence-corrected chi connectivity index (χ4v) is 2.39. The van der Waals surface area contributed by atoms with Crippen molar-refractivity contribution >= 4 is 11.3 Å². The predicted octanol–water partition coefficient (Wildman–Crippen LogP) is 2.00. The number of benzene rings is 1. The Morgan fingerprint density at radius 1 is 1.24 bits per heavy atom. The van der Waals surface area contributed by atoms with Gasteiger partial charge >= 0.3 is 0 Å². The molecule has 0 saturated carbocycles. The van der Waals surface area contributed by atoms with Gasteiger partial charge in [-0.2, -0.15) is 0 Å². The Bertz CT molecular complexity index is 512. The largest absolute Gasteiger partial charge is 0.486 e. The molecule has 2 heterocycles. The Labute approximate surface area is 102 Å². The molecule has 1 aromatic carbocycles. The van der Waals surface area contributed by atoms with E-state index in [1.165, 1.54) is 11.3 Å². The van der Waals surface area contributed by atoms with Gasteiger partial charge in [0.25, 0.3) is 0 Å². The summed E-state index contributed by atoms with van der Waals surface area (Å²) in [5.41, 5.74) is 2.50. The summed E-state index contributed by atoms with van der Waals surface area (Å²) in [4.78, 5) is 4.78. The molecule has 0 spiro atoms. The highest BCUT2D eigenvalue weighted by Crippen LogP contribution is 2.34. The van der Waals surface area contributed by atoms with Crippen molar-refractivity contribution in [1.29, 1.82) is 0 Å². The topological polar surface area (TPSA) is 51.6 Å². The van der Waals surface area contributed by atoms with Crippen LogP contribution in [0.4, 0.5) is 0 Å². The van der Waals surface area contributed by atoms with Crippen LogP contribution in [0.5, 0.6) is 11.5 Å². The quantitative estimate of drug-likeness (QED) is 0.884. The lowest BCUT2D eigenvalue weighted by atomic mass is 10.1. The van der Waals surface area contributed by atoms with Gasteiger partial charge in [-0.1, -0.05) is 6.07 Å². The van der Waals surface area contributed by atoms with Gasteiger partial charge in [0.1, 0.15) is 19.3 Å². The second kappa shape index (κ2) is 4.35. The Balaban J connectivity index is 1.93. The maximum atomic E-state index is 10.2. The minimum Gasteiger partial charge on any atom is -0.486 e. The smallest absolute Gasteiger partial charge is 0.161 e. The third-order valence-corrected chi connectivity index (χ3v) is 3.43. The summed E-state index contributed by atoms with van der Waals surface area (Å²) in [6.45, 7) is 1.12. The number of rotatable bonds is 2. The first-order valence-electron chi connectivity index (χ1n) is 5.30. The Morgan fingerprint density at radius 2 is 2.06 bits per heavy atom. The minimum absolute atomic E-state index is 0.549. The molecule has 0 bridgehead atoms. The lowest BCUT2D eigenvalue weighted by molar-refractivity contribution is 0.170. The zero-order valence-electron chi connectivity index (χ0n) is 9.00. The number of nitrogens with zero attached hydrogens (tertiary/aromatic N) is 1. The molecule has 0 saturated heterocycles. The average Bonchev–Trinajstić information content (AvgIpc) is 2.91. The molecule has 1 aromatic heterocycles. The fourth-order valence-electron chi connectivity index (χ4n) is 1.75. The summed E-state index contributed by atoms with van der Waals surface area (Å²) >= 11 is 1.43. The summed E-state index contributed by atoms with van der Waals surface area (Å²) in [6.07, 6.45) is 1.02. The van der Waals surface area contributed by atoms with Crippen molar-refractivity contribution in [3.05, 3.63) is 40.3 Å². The molecule has 1 atom stereocenters. The molecule has 0 aliphatic carbocycles. The molecule has 2 aromatic rings. The molecule has 0 radical (unpaired) electrons. The molecule has 0 fully saturated rings. The third kappa shape index (κ3) is 1.99. The van der Waals surface area contributed by atoms with Gasteiger partial charge in [-0.15, -0.1) is 11.3 Å². The molecule has 0 amide bonds. The normalized spacial score (nSPS) is 15.6. The molecule has 1 aliphatic rings. The van der Waals surface area contributed by atoms with Crippen LogP contribution in [0, 0.1) is 0 Å². The van der Waals surface area contributed by atoms with Gasteiger partial charge in [-0.05, 0) is 17.7 Å². The van der Waals surface area contributed by atoms with E-state index in [1.54, 1.807) is 11.7 Å². The average molecular weight is 249 g/mol. The van der Waals surface area contributed by atoms with Crippen molar-refractivity contribution in [2.75, 3.05) is 13.2 Å². The van der Waals surface area contributed by atoms with E-state index in [4.69, 9.17) is 9.47 Å². The standard InChI is InChI=1S/C12H11NO3S/c14-12(11-6-13-7-17-11)8-1-2-9-10(5-8)16-4-3-15-9/h1-2,5-7,12,14H,3-4H2. The van der Waals surface area contributed by atoms with Crippen molar-refractivity contribution in [2.45, 2.75) is 6.10 Å². The van der Waals surface area contributed by atoms with Gasteiger partial charge in [0.2, 0.25) is 0 Å². The summed E-state index contributed by atoms with van der Waals surface area (Å²) in [5.74, 6) is 1.42. The second-order valence-corrected chi connectivity index (χ2v) is 4.63. The van der Waals surface area contributed by atoms with Crippen LogP contribution in [0.15, 0.2) is 29.9 Å². The second-order valence-electron chi connectivity index (χ2n) is 3.71. The van der Waals surface area contributed by atoms with E-state index in [0.29, 0.717) is 19.0 Å². The molecule has 88 valence electrons. The van der Waals surface area contributed by atoms with Crippen LogP contribution in [-0.2, 0) is 0 Å². The third-order valence-electron chi connectivity index (χ3n) is 2.60. The minimum atomic E-state index is -0.654. The van der Waals surface area contributed by atoms with Crippen LogP contribution in [0.3, 0.4) is 0 Å².